The van der Waals surface area contributed by atoms with Crippen LogP contribution in [0.4, 0.5) is 0 Å². The number of hydrogen-bond acceptors (Lipinski definition) is 6. The molecule has 6 heteroatoms. The smallest absolute Gasteiger partial charge is 0.305 e. The summed E-state index contributed by atoms with van der Waals surface area (Å²) in [4.78, 5) is 11.2. The number of aliphatic hydroxyl groups excluding tert-OH is 3. The summed E-state index contributed by atoms with van der Waals surface area (Å²) in [5.41, 5.74) is -0.628. The van der Waals surface area contributed by atoms with E-state index in [0.717, 1.165) is 0 Å². The summed E-state index contributed by atoms with van der Waals surface area (Å²) in [6.45, 7) is 5.18. The number of carbonyl (C=O) groups is 1. The van der Waals surface area contributed by atoms with Gasteiger partial charge in [-0.15, -0.1) is 0 Å². The van der Waals surface area contributed by atoms with E-state index >= 15 is 0 Å². The van der Waals surface area contributed by atoms with Gasteiger partial charge in [-0.3, -0.25) is 4.79 Å². The third-order valence-corrected chi connectivity index (χ3v) is 3.14. The van der Waals surface area contributed by atoms with Gasteiger partial charge in [-0.25, -0.2) is 0 Å². The number of rotatable bonds is 11. The molecule has 0 aliphatic heterocycles. The Morgan fingerprint density at radius 2 is 1.85 bits per heavy atom. The monoisotopic (exact) mass is 292 g/mol. The Hall–Kier alpha value is -0.690. The van der Waals surface area contributed by atoms with Crippen molar-refractivity contribution in [3.05, 3.63) is 0 Å². The van der Waals surface area contributed by atoms with Gasteiger partial charge in [-0.2, -0.15) is 0 Å². The molecule has 0 saturated carbocycles. The number of hydrogen-bond donors (Lipinski definition) is 3. The van der Waals surface area contributed by atoms with E-state index < -0.39 is 17.8 Å². The van der Waals surface area contributed by atoms with Crippen molar-refractivity contribution in [1.82, 2.24) is 0 Å². The summed E-state index contributed by atoms with van der Waals surface area (Å²) >= 11 is 0. The highest BCUT2D eigenvalue weighted by Gasteiger charge is 2.27. The predicted molar refractivity (Wildman–Crippen MR) is 74.2 cm³/mol. The second-order valence-corrected chi connectivity index (χ2v) is 5.24. The van der Waals surface area contributed by atoms with Gasteiger partial charge < -0.3 is 24.8 Å². The minimum absolute atomic E-state index is 0.0158. The van der Waals surface area contributed by atoms with E-state index in [9.17, 15) is 15.0 Å². The van der Waals surface area contributed by atoms with Gasteiger partial charge >= 0.3 is 5.97 Å². The fourth-order valence-corrected chi connectivity index (χ4v) is 1.68. The van der Waals surface area contributed by atoms with Crippen LogP contribution in [0, 0.1) is 0 Å². The van der Waals surface area contributed by atoms with Crippen molar-refractivity contribution < 1.29 is 29.6 Å². The zero-order valence-electron chi connectivity index (χ0n) is 12.7. The van der Waals surface area contributed by atoms with Crippen LogP contribution in [-0.2, 0) is 14.3 Å². The van der Waals surface area contributed by atoms with Crippen LogP contribution < -0.4 is 0 Å². The predicted octanol–water partition coefficient (Wildman–Crippen LogP) is 0.619. The van der Waals surface area contributed by atoms with Gasteiger partial charge in [0.25, 0.3) is 0 Å². The quantitative estimate of drug-likeness (QED) is 0.483. The Morgan fingerprint density at radius 1 is 1.20 bits per heavy atom. The molecular formula is C14H28O6. The van der Waals surface area contributed by atoms with E-state index in [1.165, 1.54) is 0 Å². The van der Waals surface area contributed by atoms with E-state index in [0.29, 0.717) is 19.3 Å². The molecule has 0 saturated heterocycles. The summed E-state index contributed by atoms with van der Waals surface area (Å²) in [5.74, 6) is -0.333. The lowest BCUT2D eigenvalue weighted by Gasteiger charge is -2.31. The first-order chi connectivity index (χ1) is 9.36. The maximum absolute atomic E-state index is 11.2. The largest absolute Gasteiger partial charge is 0.463 e. The van der Waals surface area contributed by atoms with Crippen molar-refractivity contribution in [2.45, 2.75) is 64.3 Å². The SMILES string of the molecule is CCCC(=O)OCC(O)COC(C)(CC)CC(O)CO. The molecule has 3 unspecified atom stereocenters. The van der Waals surface area contributed by atoms with Crippen LogP contribution in [0.25, 0.3) is 0 Å². The fourth-order valence-electron chi connectivity index (χ4n) is 1.68. The molecule has 0 fully saturated rings. The first-order valence-electron chi connectivity index (χ1n) is 7.13. The van der Waals surface area contributed by atoms with Gasteiger partial charge in [0.15, 0.2) is 0 Å². The Balaban J connectivity index is 4.06. The van der Waals surface area contributed by atoms with Gasteiger partial charge in [0, 0.05) is 12.8 Å². The molecule has 0 aromatic heterocycles. The first kappa shape index (κ1) is 19.3. The van der Waals surface area contributed by atoms with Crippen molar-refractivity contribution in [2.75, 3.05) is 19.8 Å². The molecule has 0 rings (SSSR count). The van der Waals surface area contributed by atoms with Crippen LogP contribution in [0.15, 0.2) is 0 Å². The summed E-state index contributed by atoms with van der Waals surface area (Å²) in [5, 5.41) is 28.0. The van der Waals surface area contributed by atoms with Gasteiger partial charge in [-0.05, 0) is 19.8 Å². The number of carbonyl (C=O) groups excluding carboxylic acids is 1. The summed E-state index contributed by atoms with van der Waals surface area (Å²) < 4.78 is 10.5. The number of ether oxygens (including phenoxy) is 2. The van der Waals surface area contributed by atoms with Crippen molar-refractivity contribution in [2.24, 2.45) is 0 Å². The molecule has 0 aromatic carbocycles. The highest BCUT2D eigenvalue weighted by atomic mass is 16.6. The molecule has 3 atom stereocenters. The Bertz CT molecular complexity index is 270. The lowest BCUT2D eigenvalue weighted by atomic mass is 9.95. The maximum Gasteiger partial charge on any atom is 0.305 e. The molecular weight excluding hydrogens is 264 g/mol. The van der Waals surface area contributed by atoms with E-state index in [4.69, 9.17) is 14.6 Å². The van der Waals surface area contributed by atoms with Crippen molar-refractivity contribution in [3.63, 3.8) is 0 Å². The normalized spacial score (nSPS) is 17.3. The molecule has 120 valence electrons. The molecule has 3 N–H and O–H groups in total. The first-order valence-corrected chi connectivity index (χ1v) is 7.13. The molecule has 0 spiro atoms. The molecule has 0 radical (unpaired) electrons. The number of aliphatic hydroxyl groups is 3. The molecule has 6 nitrogen and oxygen atoms in total. The van der Waals surface area contributed by atoms with Crippen LogP contribution in [-0.4, -0.2) is 58.9 Å². The highest BCUT2D eigenvalue weighted by Crippen LogP contribution is 2.22. The van der Waals surface area contributed by atoms with E-state index in [-0.39, 0.29) is 32.2 Å². The molecule has 20 heavy (non-hydrogen) atoms. The molecule has 0 aromatic rings. The van der Waals surface area contributed by atoms with Crippen molar-refractivity contribution >= 4 is 5.97 Å². The molecule has 0 aliphatic rings. The van der Waals surface area contributed by atoms with Crippen molar-refractivity contribution in [3.8, 4) is 0 Å². The van der Waals surface area contributed by atoms with Crippen LogP contribution in [0.3, 0.4) is 0 Å². The topological polar surface area (TPSA) is 96.2 Å². The molecule has 0 heterocycles. The summed E-state index contributed by atoms with van der Waals surface area (Å²) in [7, 11) is 0. The zero-order chi connectivity index (χ0) is 15.6. The average Bonchev–Trinajstić information content (AvgIpc) is 2.43. The number of esters is 1. The van der Waals surface area contributed by atoms with E-state index in [2.05, 4.69) is 0 Å². The maximum atomic E-state index is 11.2. The third-order valence-electron chi connectivity index (χ3n) is 3.14. The van der Waals surface area contributed by atoms with Crippen LogP contribution in [0.5, 0.6) is 0 Å². The molecule has 0 amide bonds. The highest BCUT2D eigenvalue weighted by molar-refractivity contribution is 5.69. The van der Waals surface area contributed by atoms with Gasteiger partial charge in [-0.1, -0.05) is 13.8 Å². The zero-order valence-corrected chi connectivity index (χ0v) is 12.7. The minimum atomic E-state index is -0.895. The standard InChI is InChI=1S/C14H28O6/c1-4-6-13(18)19-9-12(17)10-20-14(3,5-2)7-11(16)8-15/h11-12,15-17H,4-10H2,1-3H3. The Labute approximate surface area is 120 Å². The third kappa shape index (κ3) is 8.47. The molecule has 0 bridgehead atoms. The molecule has 0 aliphatic carbocycles. The lowest BCUT2D eigenvalue weighted by Crippen LogP contribution is -2.37. The van der Waals surface area contributed by atoms with Gasteiger partial charge in [0.2, 0.25) is 0 Å². The fraction of sp³-hybridized carbons (Fsp3) is 0.929. The van der Waals surface area contributed by atoms with E-state index in [1.54, 1.807) is 0 Å². The Kier molecular flexibility index (Phi) is 9.75. The second-order valence-electron chi connectivity index (χ2n) is 5.24. The lowest BCUT2D eigenvalue weighted by molar-refractivity contribution is -0.150. The van der Waals surface area contributed by atoms with Crippen LogP contribution in [0.1, 0.15) is 46.5 Å². The summed E-state index contributed by atoms with van der Waals surface area (Å²) in [6, 6.07) is 0. The van der Waals surface area contributed by atoms with Crippen molar-refractivity contribution in [1.29, 1.82) is 0 Å². The minimum Gasteiger partial charge on any atom is -0.463 e. The van der Waals surface area contributed by atoms with Gasteiger partial charge in [0.1, 0.15) is 12.7 Å². The van der Waals surface area contributed by atoms with Gasteiger partial charge in [0.05, 0.1) is 24.9 Å². The Morgan fingerprint density at radius 3 is 2.35 bits per heavy atom. The van der Waals surface area contributed by atoms with E-state index in [1.807, 2.05) is 20.8 Å². The van der Waals surface area contributed by atoms with Crippen LogP contribution >= 0.6 is 0 Å². The summed E-state index contributed by atoms with van der Waals surface area (Å²) in [6.07, 6.45) is 0.211. The average molecular weight is 292 g/mol. The second kappa shape index (κ2) is 10.1. The van der Waals surface area contributed by atoms with Crippen LogP contribution in [0.2, 0.25) is 0 Å².